The van der Waals surface area contributed by atoms with Crippen LogP contribution in [-0.4, -0.2) is 25.3 Å². The highest BCUT2D eigenvalue weighted by Gasteiger charge is 2.35. The van der Waals surface area contributed by atoms with Gasteiger partial charge >= 0.3 is 0 Å². The van der Waals surface area contributed by atoms with E-state index in [1.807, 2.05) is 0 Å². The molecule has 2 heteroatoms. The summed E-state index contributed by atoms with van der Waals surface area (Å²) in [4.78, 5) is 0. The average molecular weight is 269 g/mol. The predicted octanol–water partition coefficient (Wildman–Crippen LogP) is 4.53. The first-order valence-corrected chi connectivity index (χ1v) is 8.61. The summed E-state index contributed by atoms with van der Waals surface area (Å²) in [5.74, 6) is 0.943. The Kier molecular flexibility index (Phi) is 8.72. The first-order chi connectivity index (χ1) is 9.26. The van der Waals surface area contributed by atoms with Crippen LogP contribution >= 0.6 is 0 Å². The molecule has 1 aliphatic carbocycles. The lowest BCUT2D eigenvalue weighted by Crippen LogP contribution is -2.46. The Morgan fingerprint density at radius 2 is 1.79 bits per heavy atom. The molecule has 0 spiro atoms. The van der Waals surface area contributed by atoms with Crippen molar-refractivity contribution in [3.63, 3.8) is 0 Å². The molecule has 0 heterocycles. The lowest BCUT2D eigenvalue weighted by atomic mass is 9.77. The number of hydrogen-bond donors (Lipinski definition) is 1. The van der Waals surface area contributed by atoms with E-state index in [1.165, 1.54) is 57.8 Å². The van der Waals surface area contributed by atoms with Crippen LogP contribution in [0.4, 0.5) is 0 Å². The molecular weight excluding hydrogens is 234 g/mol. The molecule has 1 saturated carbocycles. The van der Waals surface area contributed by atoms with Crippen molar-refractivity contribution in [1.29, 1.82) is 0 Å². The van der Waals surface area contributed by atoms with Gasteiger partial charge in [0, 0.05) is 13.2 Å². The number of ether oxygens (including phenoxy) is 1. The highest BCUT2D eigenvalue weighted by atomic mass is 16.5. The van der Waals surface area contributed by atoms with Crippen molar-refractivity contribution in [2.24, 2.45) is 5.92 Å². The van der Waals surface area contributed by atoms with Crippen LogP contribution in [-0.2, 0) is 4.74 Å². The van der Waals surface area contributed by atoms with Gasteiger partial charge in [0.1, 0.15) is 0 Å². The van der Waals surface area contributed by atoms with Crippen LogP contribution in [0.15, 0.2) is 0 Å². The standard InChI is InChI=1S/C17H35NO/c1-4-7-8-14-19-17(15-18-13-5-2)11-9-16(6-3)10-12-17/h16,18H,4-15H2,1-3H3. The third kappa shape index (κ3) is 6.27. The minimum atomic E-state index is 0.147. The maximum absolute atomic E-state index is 6.35. The van der Waals surface area contributed by atoms with E-state index in [0.29, 0.717) is 0 Å². The van der Waals surface area contributed by atoms with Gasteiger partial charge in [-0.15, -0.1) is 0 Å². The van der Waals surface area contributed by atoms with Crippen molar-refractivity contribution in [1.82, 2.24) is 5.32 Å². The molecule has 0 bridgehead atoms. The van der Waals surface area contributed by atoms with Gasteiger partial charge in [-0.1, -0.05) is 40.0 Å². The van der Waals surface area contributed by atoms with Crippen molar-refractivity contribution in [3.05, 3.63) is 0 Å². The van der Waals surface area contributed by atoms with E-state index in [4.69, 9.17) is 4.74 Å². The largest absolute Gasteiger partial charge is 0.374 e. The van der Waals surface area contributed by atoms with Gasteiger partial charge in [0.15, 0.2) is 0 Å². The number of nitrogens with one attached hydrogen (secondary N) is 1. The summed E-state index contributed by atoms with van der Waals surface area (Å²) in [5, 5.41) is 3.59. The second-order valence-electron chi connectivity index (χ2n) is 6.27. The summed E-state index contributed by atoms with van der Waals surface area (Å²) in [6, 6.07) is 0. The van der Waals surface area contributed by atoms with Crippen LogP contribution < -0.4 is 5.32 Å². The van der Waals surface area contributed by atoms with Crippen LogP contribution in [0.1, 0.15) is 78.6 Å². The van der Waals surface area contributed by atoms with Gasteiger partial charge in [-0.25, -0.2) is 0 Å². The summed E-state index contributed by atoms with van der Waals surface area (Å²) in [7, 11) is 0. The summed E-state index contributed by atoms with van der Waals surface area (Å²) < 4.78 is 6.35. The minimum absolute atomic E-state index is 0.147. The van der Waals surface area contributed by atoms with Gasteiger partial charge in [0.05, 0.1) is 5.60 Å². The van der Waals surface area contributed by atoms with Gasteiger partial charge in [-0.2, -0.15) is 0 Å². The molecule has 0 amide bonds. The second kappa shape index (κ2) is 9.77. The van der Waals surface area contributed by atoms with E-state index in [2.05, 4.69) is 26.1 Å². The molecule has 1 N–H and O–H groups in total. The molecule has 0 aromatic rings. The zero-order valence-electron chi connectivity index (χ0n) is 13.5. The molecule has 0 atom stereocenters. The fourth-order valence-electron chi connectivity index (χ4n) is 3.12. The lowest BCUT2D eigenvalue weighted by molar-refractivity contribution is -0.0775. The van der Waals surface area contributed by atoms with E-state index in [0.717, 1.165) is 25.6 Å². The maximum Gasteiger partial charge on any atom is 0.0806 e. The van der Waals surface area contributed by atoms with Crippen LogP contribution in [0.3, 0.4) is 0 Å². The molecule has 0 aliphatic heterocycles. The third-order valence-electron chi connectivity index (χ3n) is 4.62. The molecule has 1 aliphatic rings. The zero-order chi connectivity index (χ0) is 14.0. The third-order valence-corrected chi connectivity index (χ3v) is 4.62. The van der Waals surface area contributed by atoms with Gasteiger partial charge in [0.25, 0.3) is 0 Å². The molecule has 1 fully saturated rings. The predicted molar refractivity (Wildman–Crippen MR) is 83.6 cm³/mol. The number of hydrogen-bond acceptors (Lipinski definition) is 2. The van der Waals surface area contributed by atoms with Crippen molar-refractivity contribution in [3.8, 4) is 0 Å². The van der Waals surface area contributed by atoms with Gasteiger partial charge in [0.2, 0.25) is 0 Å². The summed E-state index contributed by atoms with van der Waals surface area (Å²) >= 11 is 0. The Morgan fingerprint density at radius 3 is 2.37 bits per heavy atom. The Balaban J connectivity index is 2.38. The summed E-state index contributed by atoms with van der Waals surface area (Å²) in [6.45, 7) is 9.95. The van der Waals surface area contributed by atoms with Crippen LogP contribution in [0, 0.1) is 5.92 Å². The smallest absolute Gasteiger partial charge is 0.0806 e. The number of unbranched alkanes of at least 4 members (excludes halogenated alkanes) is 2. The van der Waals surface area contributed by atoms with Gasteiger partial charge in [-0.05, 0) is 51.0 Å². The zero-order valence-corrected chi connectivity index (χ0v) is 13.5. The van der Waals surface area contributed by atoms with Crippen molar-refractivity contribution in [2.45, 2.75) is 84.2 Å². The van der Waals surface area contributed by atoms with Crippen LogP contribution in [0.25, 0.3) is 0 Å². The highest BCUT2D eigenvalue weighted by molar-refractivity contribution is 4.89. The summed E-state index contributed by atoms with van der Waals surface area (Å²) in [6.07, 6.45) is 11.6. The SMILES string of the molecule is CCCCCOC1(CNCCC)CCC(CC)CC1. The van der Waals surface area contributed by atoms with Crippen LogP contribution in [0.5, 0.6) is 0 Å². The minimum Gasteiger partial charge on any atom is -0.374 e. The Bertz CT molecular complexity index is 204. The molecule has 0 radical (unpaired) electrons. The first-order valence-electron chi connectivity index (χ1n) is 8.61. The first kappa shape index (κ1) is 17.0. The Labute approximate surface area is 120 Å². The maximum atomic E-state index is 6.35. The van der Waals surface area contributed by atoms with E-state index < -0.39 is 0 Å². The highest BCUT2D eigenvalue weighted by Crippen LogP contribution is 2.36. The van der Waals surface area contributed by atoms with Crippen molar-refractivity contribution < 1.29 is 4.74 Å². The molecule has 0 aromatic heterocycles. The monoisotopic (exact) mass is 269 g/mol. The topological polar surface area (TPSA) is 21.3 Å². The van der Waals surface area contributed by atoms with Crippen molar-refractivity contribution in [2.75, 3.05) is 19.7 Å². The van der Waals surface area contributed by atoms with Gasteiger partial charge in [-0.3, -0.25) is 0 Å². The molecule has 1 rings (SSSR count). The average Bonchev–Trinajstić information content (AvgIpc) is 2.45. The molecule has 0 saturated heterocycles. The lowest BCUT2D eigenvalue weighted by Gasteiger charge is -2.40. The Hall–Kier alpha value is -0.0800. The van der Waals surface area contributed by atoms with E-state index >= 15 is 0 Å². The second-order valence-corrected chi connectivity index (χ2v) is 6.27. The molecule has 2 nitrogen and oxygen atoms in total. The fraction of sp³-hybridized carbons (Fsp3) is 1.00. The molecule has 114 valence electrons. The molecule has 0 aromatic carbocycles. The molecule has 19 heavy (non-hydrogen) atoms. The quantitative estimate of drug-likeness (QED) is 0.588. The number of rotatable bonds is 10. The summed E-state index contributed by atoms with van der Waals surface area (Å²) in [5.41, 5.74) is 0.147. The van der Waals surface area contributed by atoms with Crippen LogP contribution in [0.2, 0.25) is 0 Å². The molecular formula is C17H35NO. The van der Waals surface area contributed by atoms with Crippen molar-refractivity contribution >= 4 is 0 Å². The fourth-order valence-corrected chi connectivity index (χ4v) is 3.12. The van der Waals surface area contributed by atoms with E-state index in [9.17, 15) is 0 Å². The Morgan fingerprint density at radius 1 is 1.05 bits per heavy atom. The van der Waals surface area contributed by atoms with Gasteiger partial charge < -0.3 is 10.1 Å². The normalized spacial score (nSPS) is 27.6. The van der Waals surface area contributed by atoms with E-state index in [-0.39, 0.29) is 5.60 Å². The molecule has 0 unspecified atom stereocenters. The van der Waals surface area contributed by atoms with E-state index in [1.54, 1.807) is 0 Å².